The molecule has 1 aromatic heterocycles. The molecule has 3 nitrogen and oxygen atoms in total. The molecule has 3 heteroatoms. The Morgan fingerprint density at radius 3 is 1.47 bits per heavy atom. The van der Waals surface area contributed by atoms with E-state index in [0.717, 1.165) is 55.2 Å². The van der Waals surface area contributed by atoms with Crippen molar-refractivity contribution < 1.29 is 0 Å². The largest absolute Gasteiger partial charge is 0.318 e. The molecule has 0 bridgehead atoms. The predicted molar refractivity (Wildman–Crippen MR) is 180 cm³/mol. The molecule has 5 aromatic carbocycles. The van der Waals surface area contributed by atoms with Crippen molar-refractivity contribution in [3.05, 3.63) is 131 Å². The predicted octanol–water partition coefficient (Wildman–Crippen LogP) is 11.1. The summed E-state index contributed by atoms with van der Waals surface area (Å²) in [6.45, 7) is 21.3. The van der Waals surface area contributed by atoms with Gasteiger partial charge in [-0.15, -0.1) is 0 Å². The highest BCUT2D eigenvalue weighted by molar-refractivity contribution is 6.12. The molecule has 0 amide bonds. The van der Waals surface area contributed by atoms with Crippen molar-refractivity contribution in [3.8, 4) is 34.0 Å². The summed E-state index contributed by atoms with van der Waals surface area (Å²) in [5, 5.41) is 12.9. The van der Waals surface area contributed by atoms with Crippen LogP contribution in [-0.2, 0) is 10.8 Å². The highest BCUT2D eigenvalue weighted by Crippen LogP contribution is 2.46. The van der Waals surface area contributed by atoms with Gasteiger partial charge in [-0.25, -0.2) is 4.85 Å². The number of fused-ring (bicyclic) bond motifs is 3. The van der Waals surface area contributed by atoms with E-state index in [4.69, 9.17) is 6.57 Å². The van der Waals surface area contributed by atoms with E-state index in [1.807, 2.05) is 12.1 Å². The Morgan fingerprint density at radius 2 is 1.07 bits per heavy atom. The molecule has 0 unspecified atom stereocenters. The van der Waals surface area contributed by atoms with Crippen LogP contribution in [0.2, 0.25) is 0 Å². The number of benzene rings is 5. The summed E-state index contributed by atoms with van der Waals surface area (Å²) in [6.07, 6.45) is 0. The fourth-order valence-electron chi connectivity index (χ4n) is 6.15. The fraction of sp³-hybridized carbons (Fsp3) is 0.200. The zero-order chi connectivity index (χ0) is 30.5. The molecule has 0 radical (unpaired) electrons. The molecule has 0 spiro atoms. The maximum absolute atomic E-state index is 10.7. The first-order chi connectivity index (χ1) is 20.5. The Hall–Kier alpha value is -5.12. The van der Waals surface area contributed by atoms with Crippen molar-refractivity contribution in [2.45, 2.75) is 52.4 Å². The molecule has 6 aromatic rings. The number of rotatable bonds is 3. The monoisotopic (exact) mass is 557 g/mol. The highest BCUT2D eigenvalue weighted by Gasteiger charge is 2.31. The van der Waals surface area contributed by atoms with Gasteiger partial charge in [0, 0.05) is 10.8 Å². The normalized spacial score (nSPS) is 11.9. The molecule has 0 fully saturated rings. The Bertz CT molecular complexity index is 1940. The molecule has 1 heterocycles. The first-order valence-electron chi connectivity index (χ1n) is 14.7. The van der Waals surface area contributed by atoms with Crippen molar-refractivity contribution in [3.63, 3.8) is 0 Å². The Balaban J connectivity index is 1.80. The van der Waals surface area contributed by atoms with E-state index in [9.17, 15) is 5.26 Å². The number of nitriles is 1. The van der Waals surface area contributed by atoms with Crippen molar-refractivity contribution in [2.24, 2.45) is 0 Å². The lowest BCUT2D eigenvalue weighted by atomic mass is 9.77. The lowest BCUT2D eigenvalue weighted by Crippen LogP contribution is -2.20. The minimum atomic E-state index is -0.292. The van der Waals surface area contributed by atoms with Gasteiger partial charge in [0.2, 0.25) is 5.69 Å². The molecule has 210 valence electrons. The van der Waals surface area contributed by atoms with E-state index < -0.39 is 0 Å². The van der Waals surface area contributed by atoms with Crippen LogP contribution >= 0.6 is 0 Å². The summed E-state index contributed by atoms with van der Waals surface area (Å²) in [6, 6.07) is 38.6. The van der Waals surface area contributed by atoms with Crippen LogP contribution in [0.4, 0.5) is 5.69 Å². The van der Waals surface area contributed by atoms with Gasteiger partial charge in [-0.1, -0.05) is 120 Å². The first-order valence-corrected chi connectivity index (χ1v) is 14.7. The topological polar surface area (TPSA) is 33.1 Å². The first kappa shape index (κ1) is 28.0. The standard InChI is InChI=1S/C40H35N3/c1-39(2,3)33-24-34(40(4,5)6)37(42-7)38(32(33)25-41)43-35-20-18-28(26-14-10-8-11-15-26)22-30(35)31-23-29(19-21-36(31)43)27-16-12-9-13-17-27/h8-24H,1-6H3. The van der Waals surface area contributed by atoms with Crippen LogP contribution in [0.25, 0.3) is 54.6 Å². The van der Waals surface area contributed by atoms with E-state index in [1.165, 1.54) is 0 Å². The molecule has 0 aliphatic carbocycles. The summed E-state index contributed by atoms with van der Waals surface area (Å²) >= 11 is 0. The van der Waals surface area contributed by atoms with Gasteiger partial charge >= 0.3 is 0 Å². The van der Waals surface area contributed by atoms with Gasteiger partial charge in [0.05, 0.1) is 28.9 Å². The molecule has 0 saturated heterocycles. The Morgan fingerprint density at radius 1 is 0.605 bits per heavy atom. The van der Waals surface area contributed by atoms with Crippen LogP contribution in [0.5, 0.6) is 0 Å². The zero-order valence-electron chi connectivity index (χ0n) is 25.7. The third-order valence-corrected chi connectivity index (χ3v) is 8.32. The van der Waals surface area contributed by atoms with Crippen molar-refractivity contribution in [1.29, 1.82) is 5.26 Å². The summed E-state index contributed by atoms with van der Waals surface area (Å²) < 4.78 is 2.17. The third-order valence-electron chi connectivity index (χ3n) is 8.32. The van der Waals surface area contributed by atoms with Gasteiger partial charge in [-0.3, -0.25) is 0 Å². The molecule has 0 atom stereocenters. The van der Waals surface area contributed by atoms with E-state index in [1.54, 1.807) is 0 Å². The van der Waals surface area contributed by atoms with Crippen LogP contribution in [0.15, 0.2) is 103 Å². The Kier molecular flexibility index (Phi) is 6.71. The van der Waals surface area contributed by atoms with Crippen LogP contribution < -0.4 is 0 Å². The van der Waals surface area contributed by atoms with Crippen LogP contribution in [0, 0.1) is 17.9 Å². The maximum Gasteiger partial charge on any atom is 0.215 e. The SMILES string of the molecule is [C-]#[N+]c1c(C(C)(C)C)cc(C(C)(C)C)c(C#N)c1-n1c2ccc(-c3ccccc3)cc2c2cc(-c3ccccc3)ccc21. The fourth-order valence-corrected chi connectivity index (χ4v) is 6.15. The smallest absolute Gasteiger partial charge is 0.215 e. The summed E-state index contributed by atoms with van der Waals surface area (Å²) in [7, 11) is 0. The number of hydrogen-bond donors (Lipinski definition) is 0. The highest BCUT2D eigenvalue weighted by atomic mass is 15.0. The van der Waals surface area contributed by atoms with E-state index in [-0.39, 0.29) is 10.8 Å². The summed E-state index contributed by atoms with van der Waals surface area (Å²) in [5.41, 5.74) is 9.61. The van der Waals surface area contributed by atoms with Gasteiger partial charge in [-0.05, 0) is 68.5 Å². The van der Waals surface area contributed by atoms with Crippen molar-refractivity contribution >= 4 is 27.5 Å². The number of nitrogens with zero attached hydrogens (tertiary/aromatic N) is 3. The molecule has 43 heavy (non-hydrogen) atoms. The van der Waals surface area contributed by atoms with Gasteiger partial charge < -0.3 is 4.57 Å². The minimum Gasteiger partial charge on any atom is -0.318 e. The summed E-state index contributed by atoms with van der Waals surface area (Å²) in [5.74, 6) is 0. The number of aromatic nitrogens is 1. The molecule has 6 rings (SSSR count). The lowest BCUT2D eigenvalue weighted by molar-refractivity contribution is 0.568. The second-order valence-electron chi connectivity index (χ2n) is 13.3. The average Bonchev–Trinajstić information content (AvgIpc) is 3.32. The van der Waals surface area contributed by atoms with E-state index in [0.29, 0.717) is 16.9 Å². The van der Waals surface area contributed by atoms with Crippen molar-refractivity contribution in [2.75, 3.05) is 0 Å². The second kappa shape index (κ2) is 10.3. The molecular weight excluding hydrogens is 522 g/mol. The van der Waals surface area contributed by atoms with Gasteiger partial charge in [0.25, 0.3) is 0 Å². The molecule has 0 N–H and O–H groups in total. The second-order valence-corrected chi connectivity index (χ2v) is 13.3. The molecule has 0 aliphatic rings. The van der Waals surface area contributed by atoms with Gasteiger partial charge in [0.1, 0.15) is 6.07 Å². The molecule has 0 aliphatic heterocycles. The molecule has 0 saturated carbocycles. The van der Waals surface area contributed by atoms with Gasteiger partial charge in [0.15, 0.2) is 0 Å². The summed E-state index contributed by atoms with van der Waals surface area (Å²) in [4.78, 5) is 4.15. The number of hydrogen-bond acceptors (Lipinski definition) is 1. The van der Waals surface area contributed by atoms with E-state index >= 15 is 0 Å². The van der Waals surface area contributed by atoms with Gasteiger partial charge in [-0.2, -0.15) is 5.26 Å². The minimum absolute atomic E-state index is 0.289. The maximum atomic E-state index is 10.7. The third kappa shape index (κ3) is 4.78. The average molecular weight is 558 g/mol. The lowest BCUT2D eigenvalue weighted by Gasteiger charge is -2.30. The molecular formula is C40H35N3. The zero-order valence-corrected chi connectivity index (χ0v) is 25.7. The van der Waals surface area contributed by atoms with Crippen LogP contribution in [0.3, 0.4) is 0 Å². The Labute approximate surface area is 254 Å². The van der Waals surface area contributed by atoms with Crippen LogP contribution in [0.1, 0.15) is 58.2 Å². The van der Waals surface area contributed by atoms with Crippen molar-refractivity contribution in [1.82, 2.24) is 4.57 Å². The van der Waals surface area contributed by atoms with E-state index in [2.05, 4.69) is 148 Å². The quantitative estimate of drug-likeness (QED) is 0.199. The van der Waals surface area contributed by atoms with Crippen LogP contribution in [-0.4, -0.2) is 4.57 Å².